The summed E-state index contributed by atoms with van der Waals surface area (Å²) >= 11 is 6.10. The molecule has 0 fully saturated rings. The Kier molecular flexibility index (Phi) is 11.5. The zero-order valence-corrected chi connectivity index (χ0v) is 29.4. The number of rotatable bonds is 10. The summed E-state index contributed by atoms with van der Waals surface area (Å²) in [6, 6.07) is 25.4. The van der Waals surface area contributed by atoms with Crippen molar-refractivity contribution in [3.8, 4) is 6.07 Å². The second-order valence-corrected chi connectivity index (χ2v) is 14.2. The first-order chi connectivity index (χ1) is 23.1. The molecule has 0 aliphatic carbocycles. The molecule has 1 aliphatic heterocycles. The van der Waals surface area contributed by atoms with Gasteiger partial charge in [0.2, 0.25) is 11.8 Å². The fourth-order valence-electron chi connectivity index (χ4n) is 5.07. The lowest BCUT2D eigenvalue weighted by molar-refractivity contribution is -0.129. The number of carbonyl (C=O) groups excluding carboxylic acids is 4. The molecule has 1 atom stereocenters. The van der Waals surface area contributed by atoms with E-state index in [4.69, 9.17) is 0 Å². The Bertz CT molecular complexity index is 1920. The van der Waals surface area contributed by atoms with Gasteiger partial charge in [-0.3, -0.25) is 19.2 Å². The zero-order valence-electron chi connectivity index (χ0n) is 26.2. The maximum Gasteiger partial charge on any atom is 0.272 e. The minimum atomic E-state index is -0.511. The third-order valence-corrected chi connectivity index (χ3v) is 10.6. The quantitative estimate of drug-likeness (QED) is 0.116. The number of thioether (sulfide) groups is 1. The minimum Gasteiger partial charge on any atom is -0.337 e. The van der Waals surface area contributed by atoms with Crippen LogP contribution in [0.2, 0.25) is 0 Å². The lowest BCUT2D eigenvalue weighted by Gasteiger charge is -2.25. The van der Waals surface area contributed by atoms with Crippen molar-refractivity contribution in [1.82, 2.24) is 10.2 Å². The van der Waals surface area contributed by atoms with Gasteiger partial charge in [-0.15, -0.1) is 23.1 Å². The first kappa shape index (κ1) is 34.6. The summed E-state index contributed by atoms with van der Waals surface area (Å²) in [6.45, 7) is 4.41. The highest BCUT2D eigenvalue weighted by Crippen LogP contribution is 2.37. The van der Waals surface area contributed by atoms with E-state index in [0.717, 1.165) is 25.4 Å². The van der Waals surface area contributed by atoms with Gasteiger partial charge >= 0.3 is 0 Å². The van der Waals surface area contributed by atoms with E-state index in [9.17, 15) is 24.4 Å². The van der Waals surface area contributed by atoms with Gasteiger partial charge in [-0.1, -0.05) is 59.3 Å². The monoisotopic (exact) mass is 741 g/mol. The lowest BCUT2D eigenvalue weighted by Crippen LogP contribution is -2.33. The van der Waals surface area contributed by atoms with E-state index in [2.05, 4.69) is 37.9 Å². The molecule has 0 spiro atoms. The number of hydrogen-bond acceptors (Lipinski definition) is 7. The Morgan fingerprint density at radius 3 is 2.48 bits per heavy atom. The average Bonchev–Trinajstić information content (AvgIpc) is 3.44. The van der Waals surface area contributed by atoms with Crippen molar-refractivity contribution in [1.29, 1.82) is 5.26 Å². The summed E-state index contributed by atoms with van der Waals surface area (Å²) < 4.78 is 0.883. The molecule has 12 heteroatoms. The molecular weight excluding hydrogens is 710 g/mol. The Morgan fingerprint density at radius 2 is 1.79 bits per heavy atom. The van der Waals surface area contributed by atoms with Crippen molar-refractivity contribution >= 4 is 79.4 Å². The molecule has 4 amide bonds. The maximum atomic E-state index is 13.5. The van der Waals surface area contributed by atoms with Crippen molar-refractivity contribution in [3.63, 3.8) is 0 Å². The number of thiophene rings is 1. The topological polar surface area (TPSA) is 131 Å². The Balaban J connectivity index is 1.30. The largest absolute Gasteiger partial charge is 0.337 e. The SMILES string of the molecule is CCC(Sc1cccc(NC(=O)/C(=C\c2ccc(Br)cc2)NC(=O)c2ccccc2)c1)C(=O)Nc1sc2c(c1C#N)CCN(C(C)=O)C2. The second-order valence-electron chi connectivity index (χ2n) is 10.9. The number of hydrogen-bond donors (Lipinski definition) is 3. The summed E-state index contributed by atoms with van der Waals surface area (Å²) in [5, 5.41) is 18.5. The number of halogens is 1. The number of nitrogens with one attached hydrogen (secondary N) is 3. The molecule has 1 unspecified atom stereocenters. The summed E-state index contributed by atoms with van der Waals surface area (Å²) in [5.74, 6) is -1.19. The lowest BCUT2D eigenvalue weighted by atomic mass is 10.0. The van der Waals surface area contributed by atoms with Crippen molar-refractivity contribution in [2.75, 3.05) is 17.2 Å². The fourth-order valence-corrected chi connectivity index (χ4v) is 7.57. The minimum absolute atomic E-state index is 0.0206. The van der Waals surface area contributed by atoms with Crippen LogP contribution in [0.1, 0.15) is 52.2 Å². The number of benzene rings is 3. The normalized spacial score (nSPS) is 13.1. The van der Waals surface area contributed by atoms with E-state index in [1.807, 2.05) is 43.3 Å². The Hall–Kier alpha value is -4.70. The van der Waals surface area contributed by atoms with Crippen molar-refractivity contribution in [3.05, 3.63) is 116 Å². The predicted molar refractivity (Wildman–Crippen MR) is 193 cm³/mol. The first-order valence-corrected chi connectivity index (χ1v) is 17.7. The van der Waals surface area contributed by atoms with E-state index in [0.29, 0.717) is 47.7 Å². The molecular formula is C36H32BrN5O4S2. The van der Waals surface area contributed by atoms with Crippen LogP contribution < -0.4 is 16.0 Å². The van der Waals surface area contributed by atoms with Crippen LogP contribution in [0.25, 0.3) is 6.08 Å². The molecule has 3 N–H and O–H groups in total. The standard InChI is InChI=1S/C36H32BrN5O4S2/c1-3-31(35(46)41-36-29(20-38)28-16-17-42(22(2)43)21-32(28)48-36)47-27-11-7-10-26(19-27)39-34(45)30(18-23-12-14-25(37)15-13-23)40-33(44)24-8-5-4-6-9-24/h4-15,18-19,31H,3,16-17,21H2,1-2H3,(H,39,45)(H,40,44)(H,41,46)/b30-18+. The second kappa shape index (κ2) is 15.9. The maximum absolute atomic E-state index is 13.5. The van der Waals surface area contributed by atoms with E-state index in [1.54, 1.807) is 53.4 Å². The molecule has 2 heterocycles. The van der Waals surface area contributed by atoms with E-state index in [1.165, 1.54) is 30.0 Å². The Morgan fingerprint density at radius 1 is 1.04 bits per heavy atom. The zero-order chi connectivity index (χ0) is 34.2. The van der Waals surface area contributed by atoms with Crippen LogP contribution in [-0.4, -0.2) is 40.3 Å². The van der Waals surface area contributed by atoms with Gasteiger partial charge in [0.15, 0.2) is 0 Å². The fraction of sp³-hybridized carbons (Fsp3) is 0.194. The molecule has 244 valence electrons. The molecule has 9 nitrogen and oxygen atoms in total. The first-order valence-electron chi connectivity index (χ1n) is 15.2. The summed E-state index contributed by atoms with van der Waals surface area (Å²) in [7, 11) is 0. The molecule has 1 aliphatic rings. The van der Waals surface area contributed by atoms with Crippen LogP contribution >= 0.6 is 39.0 Å². The Labute approximate surface area is 295 Å². The number of nitriles is 1. The third-order valence-electron chi connectivity index (χ3n) is 7.59. The smallest absolute Gasteiger partial charge is 0.272 e. The number of fused-ring (bicyclic) bond motifs is 1. The number of anilines is 2. The number of amides is 4. The molecule has 0 bridgehead atoms. The third kappa shape index (κ3) is 8.60. The van der Waals surface area contributed by atoms with Crippen LogP contribution in [0.5, 0.6) is 0 Å². The highest BCUT2D eigenvalue weighted by atomic mass is 79.9. The number of carbonyl (C=O) groups is 4. The molecule has 48 heavy (non-hydrogen) atoms. The van der Waals surface area contributed by atoms with Crippen LogP contribution in [-0.2, 0) is 27.3 Å². The average molecular weight is 743 g/mol. The van der Waals surface area contributed by atoms with Gasteiger partial charge < -0.3 is 20.9 Å². The summed E-state index contributed by atoms with van der Waals surface area (Å²) in [6.07, 6.45) is 2.70. The molecule has 1 aromatic heterocycles. The highest BCUT2D eigenvalue weighted by Gasteiger charge is 2.28. The van der Waals surface area contributed by atoms with Crippen LogP contribution in [0.4, 0.5) is 10.7 Å². The molecule has 3 aromatic carbocycles. The number of nitrogens with zero attached hydrogens (tertiary/aromatic N) is 2. The van der Waals surface area contributed by atoms with Gasteiger partial charge in [0.25, 0.3) is 11.8 Å². The van der Waals surface area contributed by atoms with E-state index < -0.39 is 17.1 Å². The van der Waals surface area contributed by atoms with Gasteiger partial charge in [0, 0.05) is 39.0 Å². The molecule has 0 radical (unpaired) electrons. The van der Waals surface area contributed by atoms with Gasteiger partial charge in [0.05, 0.1) is 17.4 Å². The summed E-state index contributed by atoms with van der Waals surface area (Å²) in [4.78, 5) is 55.3. The summed E-state index contributed by atoms with van der Waals surface area (Å²) in [5.41, 5.74) is 3.05. The van der Waals surface area contributed by atoms with Crippen LogP contribution in [0.3, 0.4) is 0 Å². The van der Waals surface area contributed by atoms with Crippen LogP contribution in [0.15, 0.2) is 93.9 Å². The van der Waals surface area contributed by atoms with Crippen molar-refractivity contribution < 1.29 is 19.2 Å². The molecule has 0 saturated heterocycles. The van der Waals surface area contributed by atoms with Crippen molar-refractivity contribution in [2.45, 2.75) is 43.4 Å². The molecule has 4 aromatic rings. The van der Waals surface area contributed by atoms with Gasteiger partial charge in [-0.05, 0) is 72.5 Å². The molecule has 5 rings (SSSR count). The van der Waals surface area contributed by atoms with Gasteiger partial charge in [0.1, 0.15) is 16.8 Å². The van der Waals surface area contributed by atoms with Crippen molar-refractivity contribution in [2.24, 2.45) is 0 Å². The van der Waals surface area contributed by atoms with Gasteiger partial charge in [-0.25, -0.2) is 0 Å². The predicted octanol–water partition coefficient (Wildman–Crippen LogP) is 7.21. The van der Waals surface area contributed by atoms with Gasteiger partial charge in [-0.2, -0.15) is 5.26 Å². The van der Waals surface area contributed by atoms with Crippen LogP contribution in [0, 0.1) is 11.3 Å². The van der Waals surface area contributed by atoms with E-state index in [-0.39, 0.29) is 17.5 Å². The highest BCUT2D eigenvalue weighted by molar-refractivity contribution is 9.10. The molecule has 0 saturated carbocycles. The van der Waals surface area contributed by atoms with E-state index >= 15 is 0 Å².